The zero-order valence-corrected chi connectivity index (χ0v) is 17.7. The van der Waals surface area contributed by atoms with Crippen LogP contribution in [0.5, 0.6) is 11.5 Å². The smallest absolute Gasteiger partial charge is 0.317 e. The molecule has 7 nitrogen and oxygen atoms in total. The van der Waals surface area contributed by atoms with Crippen LogP contribution in [0, 0.1) is 17.8 Å². The molecule has 29 heavy (non-hydrogen) atoms. The van der Waals surface area contributed by atoms with Gasteiger partial charge in [0.25, 0.3) is 0 Å². The van der Waals surface area contributed by atoms with Crippen molar-refractivity contribution in [3.8, 4) is 11.5 Å². The van der Waals surface area contributed by atoms with E-state index in [4.69, 9.17) is 18.9 Å². The van der Waals surface area contributed by atoms with E-state index in [0.29, 0.717) is 16.4 Å². The van der Waals surface area contributed by atoms with Crippen LogP contribution < -0.4 is 9.47 Å². The van der Waals surface area contributed by atoms with Crippen molar-refractivity contribution in [3.05, 3.63) is 23.1 Å². The molecule has 2 atom stereocenters. The van der Waals surface area contributed by atoms with E-state index in [1.165, 1.54) is 32.7 Å². The standard InChI is InChI=1S/C21H24O7S/c1-5-28-21(24)18(17(11-6-7-11)20(23)27-4)19(22)16-9-12-8-13(25-2)14(26-3)10-15(12)29-16/h8-11,17-18H,5-7H2,1-4H3. The van der Waals surface area contributed by atoms with Gasteiger partial charge >= 0.3 is 11.9 Å². The molecule has 0 spiro atoms. The molecule has 1 fully saturated rings. The molecule has 2 unspecified atom stereocenters. The molecule has 8 heteroatoms. The topological polar surface area (TPSA) is 88.1 Å². The summed E-state index contributed by atoms with van der Waals surface area (Å²) in [6.45, 7) is 1.80. The van der Waals surface area contributed by atoms with Gasteiger partial charge in [-0.3, -0.25) is 14.4 Å². The third-order valence-electron chi connectivity index (χ3n) is 5.05. The van der Waals surface area contributed by atoms with Crippen LogP contribution in [0.2, 0.25) is 0 Å². The SMILES string of the molecule is CCOC(=O)C(C(=O)c1cc2cc(OC)c(OC)cc2s1)C(C(=O)OC)C1CC1. The maximum Gasteiger partial charge on any atom is 0.317 e. The molecule has 1 aromatic heterocycles. The molecule has 1 saturated carbocycles. The molecule has 1 aliphatic carbocycles. The summed E-state index contributed by atoms with van der Waals surface area (Å²) in [5.41, 5.74) is 0. The van der Waals surface area contributed by atoms with E-state index in [2.05, 4.69) is 0 Å². The number of benzene rings is 1. The minimum atomic E-state index is -1.22. The molecular weight excluding hydrogens is 396 g/mol. The zero-order chi connectivity index (χ0) is 21.1. The lowest BCUT2D eigenvalue weighted by molar-refractivity contribution is -0.157. The van der Waals surface area contributed by atoms with Crippen LogP contribution in [-0.4, -0.2) is 45.7 Å². The van der Waals surface area contributed by atoms with E-state index >= 15 is 0 Å². The van der Waals surface area contributed by atoms with E-state index in [0.717, 1.165) is 22.9 Å². The van der Waals surface area contributed by atoms with Crippen molar-refractivity contribution in [3.63, 3.8) is 0 Å². The Morgan fingerprint density at radius 2 is 1.69 bits per heavy atom. The lowest BCUT2D eigenvalue weighted by Gasteiger charge is -2.22. The molecule has 1 aliphatic rings. The van der Waals surface area contributed by atoms with Gasteiger partial charge in [-0.25, -0.2) is 0 Å². The number of hydrogen-bond acceptors (Lipinski definition) is 8. The minimum absolute atomic E-state index is 0.0460. The summed E-state index contributed by atoms with van der Waals surface area (Å²) in [5.74, 6) is -2.67. The second-order valence-corrected chi connectivity index (χ2v) is 7.92. The highest BCUT2D eigenvalue weighted by Crippen LogP contribution is 2.44. The largest absolute Gasteiger partial charge is 0.493 e. The number of hydrogen-bond donors (Lipinski definition) is 0. The molecule has 156 valence electrons. The first kappa shape index (κ1) is 21.1. The van der Waals surface area contributed by atoms with Crippen LogP contribution in [-0.2, 0) is 19.1 Å². The second-order valence-electron chi connectivity index (χ2n) is 6.84. The van der Waals surface area contributed by atoms with Gasteiger partial charge in [0.2, 0.25) is 0 Å². The van der Waals surface area contributed by atoms with Gasteiger partial charge in [0.15, 0.2) is 17.3 Å². The van der Waals surface area contributed by atoms with Crippen LogP contribution in [0.1, 0.15) is 29.4 Å². The summed E-state index contributed by atoms with van der Waals surface area (Å²) < 4.78 is 21.5. The lowest BCUT2D eigenvalue weighted by atomic mass is 9.84. The molecule has 2 aromatic rings. The minimum Gasteiger partial charge on any atom is -0.493 e. The van der Waals surface area contributed by atoms with Crippen molar-refractivity contribution in [2.24, 2.45) is 17.8 Å². The number of thiophene rings is 1. The number of rotatable bonds is 9. The average molecular weight is 420 g/mol. The predicted molar refractivity (Wildman–Crippen MR) is 108 cm³/mol. The first-order chi connectivity index (χ1) is 13.9. The highest BCUT2D eigenvalue weighted by atomic mass is 32.1. The Morgan fingerprint density at radius 1 is 1.03 bits per heavy atom. The number of carbonyl (C=O) groups excluding carboxylic acids is 3. The highest BCUT2D eigenvalue weighted by Gasteiger charge is 2.49. The van der Waals surface area contributed by atoms with Crippen LogP contribution in [0.3, 0.4) is 0 Å². The number of carbonyl (C=O) groups is 3. The van der Waals surface area contributed by atoms with Crippen molar-refractivity contribution < 1.29 is 33.3 Å². The van der Waals surface area contributed by atoms with Gasteiger partial charge in [-0.15, -0.1) is 11.3 Å². The summed E-state index contributed by atoms with van der Waals surface area (Å²) in [6, 6.07) is 5.27. The lowest BCUT2D eigenvalue weighted by Crippen LogP contribution is -2.38. The van der Waals surface area contributed by atoms with Crippen LogP contribution in [0.25, 0.3) is 10.1 Å². The third-order valence-corrected chi connectivity index (χ3v) is 6.16. The molecule has 0 aliphatic heterocycles. The number of ether oxygens (including phenoxy) is 4. The Balaban J connectivity index is 2.02. The number of esters is 2. The Kier molecular flexibility index (Phi) is 6.42. The fourth-order valence-corrected chi connectivity index (χ4v) is 4.53. The number of methoxy groups -OCH3 is 3. The summed E-state index contributed by atoms with van der Waals surface area (Å²) in [7, 11) is 4.34. The second kappa shape index (κ2) is 8.82. The van der Waals surface area contributed by atoms with E-state index < -0.39 is 29.6 Å². The van der Waals surface area contributed by atoms with E-state index in [-0.39, 0.29) is 12.5 Å². The fourth-order valence-electron chi connectivity index (χ4n) is 3.48. The highest BCUT2D eigenvalue weighted by molar-refractivity contribution is 7.20. The first-order valence-electron chi connectivity index (χ1n) is 9.39. The van der Waals surface area contributed by atoms with Crippen LogP contribution in [0.4, 0.5) is 0 Å². The van der Waals surface area contributed by atoms with E-state index in [9.17, 15) is 14.4 Å². The van der Waals surface area contributed by atoms with Gasteiger partial charge in [0.05, 0.1) is 38.7 Å². The third kappa shape index (κ3) is 4.22. The van der Waals surface area contributed by atoms with Crippen LogP contribution in [0.15, 0.2) is 18.2 Å². The van der Waals surface area contributed by atoms with Crippen molar-refractivity contribution in [1.82, 2.24) is 0 Å². The summed E-state index contributed by atoms with van der Waals surface area (Å²) in [5, 5.41) is 0.791. The summed E-state index contributed by atoms with van der Waals surface area (Å²) in [6.07, 6.45) is 1.56. The Labute approximate surface area is 172 Å². The summed E-state index contributed by atoms with van der Waals surface area (Å²) >= 11 is 1.24. The molecule has 1 aromatic carbocycles. The molecule has 0 bridgehead atoms. The van der Waals surface area contributed by atoms with Crippen molar-refractivity contribution in [2.45, 2.75) is 19.8 Å². The van der Waals surface area contributed by atoms with Crippen LogP contribution >= 0.6 is 11.3 Å². The maximum atomic E-state index is 13.4. The van der Waals surface area contributed by atoms with E-state index in [1.54, 1.807) is 25.1 Å². The number of fused-ring (bicyclic) bond motifs is 1. The monoisotopic (exact) mass is 420 g/mol. The fraction of sp³-hybridized carbons (Fsp3) is 0.476. The Hall–Kier alpha value is -2.61. The van der Waals surface area contributed by atoms with E-state index in [1.807, 2.05) is 0 Å². The van der Waals surface area contributed by atoms with Gasteiger partial charge in [-0.05, 0) is 43.2 Å². The maximum absolute atomic E-state index is 13.4. The van der Waals surface area contributed by atoms with Gasteiger partial charge in [0.1, 0.15) is 5.92 Å². The Morgan fingerprint density at radius 3 is 2.24 bits per heavy atom. The molecular formula is C21H24O7S. The van der Waals surface area contributed by atoms with Crippen molar-refractivity contribution in [1.29, 1.82) is 0 Å². The van der Waals surface area contributed by atoms with Gasteiger partial charge in [-0.1, -0.05) is 0 Å². The van der Waals surface area contributed by atoms with Crippen molar-refractivity contribution in [2.75, 3.05) is 27.9 Å². The predicted octanol–water partition coefficient (Wildman–Crippen LogP) is 3.48. The molecule has 1 heterocycles. The number of Topliss-reactive ketones (excluding diaryl/α,β-unsaturated/α-hetero) is 1. The molecule has 0 amide bonds. The first-order valence-corrected chi connectivity index (χ1v) is 10.2. The quantitative estimate of drug-likeness (QED) is 0.349. The van der Waals surface area contributed by atoms with Gasteiger partial charge < -0.3 is 18.9 Å². The molecule has 0 saturated heterocycles. The van der Waals surface area contributed by atoms with Gasteiger partial charge in [-0.2, -0.15) is 0 Å². The average Bonchev–Trinajstić information content (AvgIpc) is 3.47. The van der Waals surface area contributed by atoms with Crippen molar-refractivity contribution >= 4 is 39.1 Å². The number of ketones is 1. The molecule has 0 radical (unpaired) electrons. The molecule has 3 rings (SSSR count). The summed E-state index contributed by atoms with van der Waals surface area (Å²) in [4.78, 5) is 38.8. The molecule has 0 N–H and O–H groups in total. The Bertz CT molecular complexity index is 887. The zero-order valence-electron chi connectivity index (χ0n) is 16.9. The normalized spacial score (nSPS) is 15.4. The van der Waals surface area contributed by atoms with Gasteiger partial charge in [0, 0.05) is 10.8 Å².